The van der Waals surface area contributed by atoms with Crippen LogP contribution in [0, 0.1) is 0 Å². The van der Waals surface area contributed by atoms with Crippen molar-refractivity contribution in [2.24, 2.45) is 0 Å². The van der Waals surface area contributed by atoms with E-state index in [1.54, 1.807) is 13.1 Å². The summed E-state index contributed by atoms with van der Waals surface area (Å²) in [5.41, 5.74) is 4.73. The molecular formula is C29H32N4O5. The molecule has 1 fully saturated rings. The smallest absolute Gasteiger partial charge is 0.290 e. The quantitative estimate of drug-likeness (QED) is 0.500. The van der Waals surface area contributed by atoms with E-state index in [1.165, 1.54) is 0 Å². The van der Waals surface area contributed by atoms with Crippen LogP contribution in [0.5, 0.6) is 0 Å². The van der Waals surface area contributed by atoms with Crippen LogP contribution in [0.2, 0.25) is 0 Å². The molecule has 2 amide bonds. The number of rotatable bonds is 4. The molecule has 0 saturated carbocycles. The van der Waals surface area contributed by atoms with Gasteiger partial charge in [-0.1, -0.05) is 24.3 Å². The fraction of sp³-hybridized carbons (Fsp3) is 0.310. The van der Waals surface area contributed by atoms with Gasteiger partial charge < -0.3 is 25.0 Å². The van der Waals surface area contributed by atoms with E-state index in [0.29, 0.717) is 31.9 Å². The summed E-state index contributed by atoms with van der Waals surface area (Å²) in [5.74, 6) is 0.882. The highest BCUT2D eigenvalue weighted by molar-refractivity contribution is 5.95. The Morgan fingerprint density at radius 2 is 1.74 bits per heavy atom. The Morgan fingerprint density at radius 1 is 1.05 bits per heavy atom. The normalized spacial score (nSPS) is 18.5. The van der Waals surface area contributed by atoms with Crippen LogP contribution in [0.25, 0.3) is 11.1 Å². The largest absolute Gasteiger partial charge is 0.483 e. The summed E-state index contributed by atoms with van der Waals surface area (Å²) < 4.78 is 5.36. The van der Waals surface area contributed by atoms with Crippen LogP contribution in [-0.2, 0) is 14.3 Å². The first kappa shape index (κ1) is 26.8. The van der Waals surface area contributed by atoms with E-state index in [4.69, 9.17) is 14.6 Å². The van der Waals surface area contributed by atoms with E-state index in [-0.39, 0.29) is 30.4 Å². The number of carboxylic acid groups (broad SMARTS) is 1. The van der Waals surface area contributed by atoms with E-state index in [9.17, 15) is 9.59 Å². The Bertz CT molecular complexity index is 1260. The molecule has 9 nitrogen and oxygen atoms in total. The van der Waals surface area contributed by atoms with Crippen molar-refractivity contribution >= 4 is 29.8 Å². The van der Waals surface area contributed by atoms with Gasteiger partial charge in [0.05, 0.1) is 19.3 Å². The molecule has 3 aromatic rings. The zero-order chi connectivity index (χ0) is 27.1. The van der Waals surface area contributed by atoms with Gasteiger partial charge in [-0.3, -0.25) is 14.4 Å². The van der Waals surface area contributed by atoms with E-state index in [0.717, 1.165) is 34.6 Å². The first-order chi connectivity index (χ1) is 18.4. The highest BCUT2D eigenvalue weighted by atomic mass is 16.5. The maximum Gasteiger partial charge on any atom is 0.290 e. The highest BCUT2D eigenvalue weighted by Gasteiger charge is 2.33. The molecule has 5 rings (SSSR count). The van der Waals surface area contributed by atoms with Gasteiger partial charge in [-0.15, -0.1) is 0 Å². The Hall–Kier alpha value is -4.24. The Kier molecular flexibility index (Phi) is 8.70. The first-order valence-corrected chi connectivity index (χ1v) is 12.6. The van der Waals surface area contributed by atoms with Crippen molar-refractivity contribution in [3.8, 4) is 11.1 Å². The molecule has 0 aliphatic carbocycles. The lowest BCUT2D eigenvalue weighted by Gasteiger charge is -2.39. The minimum Gasteiger partial charge on any atom is -0.483 e. The molecule has 2 atom stereocenters. The summed E-state index contributed by atoms with van der Waals surface area (Å²) >= 11 is 0. The van der Waals surface area contributed by atoms with Gasteiger partial charge in [0.25, 0.3) is 12.4 Å². The van der Waals surface area contributed by atoms with Crippen molar-refractivity contribution in [3.05, 3.63) is 78.0 Å². The van der Waals surface area contributed by atoms with E-state index >= 15 is 0 Å². The minimum absolute atomic E-state index is 0.0209. The molecule has 2 N–H and O–H groups in total. The number of pyridine rings is 1. The number of carbonyl (C=O) groups is 3. The SMILES string of the molecule is CC(=O)N1c2ccc(-c3ccc(C(=O)N4CCOCC4)cc3)cc2[C@H](Nc2ccccn2)C[C@@H]1C.O=CO. The summed E-state index contributed by atoms with van der Waals surface area (Å²) in [4.78, 5) is 41.8. The van der Waals surface area contributed by atoms with Crippen molar-refractivity contribution in [3.63, 3.8) is 0 Å². The lowest BCUT2D eigenvalue weighted by atomic mass is 9.89. The van der Waals surface area contributed by atoms with Gasteiger partial charge in [0.1, 0.15) is 5.82 Å². The lowest BCUT2D eigenvalue weighted by molar-refractivity contribution is -0.123. The molecule has 38 heavy (non-hydrogen) atoms. The maximum atomic E-state index is 12.8. The summed E-state index contributed by atoms with van der Waals surface area (Å²) in [7, 11) is 0. The van der Waals surface area contributed by atoms with Crippen LogP contribution in [-0.4, -0.2) is 65.6 Å². The zero-order valence-electron chi connectivity index (χ0n) is 21.5. The number of hydrogen-bond donors (Lipinski definition) is 2. The molecule has 0 unspecified atom stereocenters. The third-order valence-corrected chi connectivity index (χ3v) is 6.77. The average Bonchev–Trinajstić information content (AvgIpc) is 2.94. The third kappa shape index (κ3) is 6.00. The van der Waals surface area contributed by atoms with Crippen LogP contribution in [0.3, 0.4) is 0 Å². The van der Waals surface area contributed by atoms with Gasteiger partial charge in [-0.05, 0) is 66.4 Å². The van der Waals surface area contributed by atoms with E-state index in [2.05, 4.69) is 23.3 Å². The Balaban J connectivity index is 0.00000107. The second-order valence-corrected chi connectivity index (χ2v) is 9.25. The second-order valence-electron chi connectivity index (χ2n) is 9.25. The van der Waals surface area contributed by atoms with Gasteiger partial charge in [0, 0.05) is 43.5 Å². The predicted molar refractivity (Wildman–Crippen MR) is 145 cm³/mol. The molecule has 1 saturated heterocycles. The topological polar surface area (TPSA) is 112 Å². The fourth-order valence-electron chi connectivity index (χ4n) is 5.04. The molecule has 2 aliphatic rings. The Morgan fingerprint density at radius 3 is 2.37 bits per heavy atom. The van der Waals surface area contributed by atoms with Crippen molar-refractivity contribution in [2.45, 2.75) is 32.4 Å². The zero-order valence-corrected chi connectivity index (χ0v) is 21.5. The standard InChI is InChI=1S/C28H30N4O3.CH2O2/c1-19-17-25(30-27-5-3-4-12-29-27)24-18-23(10-11-26(24)32(19)20(2)33)21-6-8-22(9-7-21)28(34)31-13-15-35-16-14-31;2-1-3/h3-12,18-19,25H,13-17H2,1-2H3,(H,29,30);1H,(H,2,3)/t19-,25+;/m0./s1. The number of carbonyl (C=O) groups excluding carboxylic acids is 2. The van der Waals surface area contributed by atoms with Crippen molar-refractivity contribution in [1.29, 1.82) is 0 Å². The monoisotopic (exact) mass is 516 g/mol. The van der Waals surface area contributed by atoms with Crippen LogP contribution < -0.4 is 10.2 Å². The minimum atomic E-state index is -0.250. The van der Waals surface area contributed by atoms with Crippen LogP contribution in [0.4, 0.5) is 11.5 Å². The van der Waals surface area contributed by atoms with Crippen molar-refractivity contribution in [1.82, 2.24) is 9.88 Å². The number of aromatic nitrogens is 1. The first-order valence-electron chi connectivity index (χ1n) is 12.6. The molecule has 9 heteroatoms. The molecule has 0 spiro atoms. The number of nitrogens with zero attached hydrogens (tertiary/aromatic N) is 3. The van der Waals surface area contributed by atoms with E-state index in [1.807, 2.05) is 64.4 Å². The molecule has 2 aliphatic heterocycles. The van der Waals surface area contributed by atoms with Gasteiger partial charge in [0.2, 0.25) is 5.91 Å². The van der Waals surface area contributed by atoms with Gasteiger partial charge in [-0.25, -0.2) is 4.98 Å². The number of amides is 2. The number of fused-ring (bicyclic) bond motifs is 1. The molecule has 198 valence electrons. The van der Waals surface area contributed by atoms with Crippen molar-refractivity contribution in [2.75, 3.05) is 36.5 Å². The lowest BCUT2D eigenvalue weighted by Crippen LogP contribution is -2.43. The van der Waals surface area contributed by atoms with Crippen LogP contribution in [0.15, 0.2) is 66.9 Å². The number of hydrogen-bond acceptors (Lipinski definition) is 6. The number of anilines is 2. The molecule has 0 bridgehead atoms. The Labute approximate surface area is 222 Å². The number of benzene rings is 2. The van der Waals surface area contributed by atoms with E-state index < -0.39 is 0 Å². The third-order valence-electron chi connectivity index (χ3n) is 6.77. The highest BCUT2D eigenvalue weighted by Crippen LogP contribution is 2.41. The van der Waals surface area contributed by atoms with Gasteiger partial charge >= 0.3 is 0 Å². The van der Waals surface area contributed by atoms with Gasteiger partial charge in [0.15, 0.2) is 0 Å². The molecule has 2 aromatic carbocycles. The second kappa shape index (κ2) is 12.3. The molecular weight excluding hydrogens is 484 g/mol. The summed E-state index contributed by atoms with van der Waals surface area (Å²) in [6, 6.07) is 19.9. The van der Waals surface area contributed by atoms with Crippen LogP contribution in [0.1, 0.15) is 42.2 Å². The molecule has 1 aromatic heterocycles. The number of nitrogens with one attached hydrogen (secondary N) is 1. The molecule has 0 radical (unpaired) electrons. The van der Waals surface area contributed by atoms with Gasteiger partial charge in [-0.2, -0.15) is 0 Å². The number of morpholine rings is 1. The summed E-state index contributed by atoms with van der Waals surface area (Å²) in [6.07, 6.45) is 2.55. The van der Waals surface area contributed by atoms with Crippen molar-refractivity contribution < 1.29 is 24.2 Å². The molecule has 3 heterocycles. The van der Waals surface area contributed by atoms with Crippen LogP contribution >= 0.6 is 0 Å². The summed E-state index contributed by atoms with van der Waals surface area (Å²) in [6.45, 7) is 5.87. The number of ether oxygens (including phenoxy) is 1. The predicted octanol–water partition coefficient (Wildman–Crippen LogP) is 4.22. The summed E-state index contributed by atoms with van der Waals surface area (Å²) in [5, 5.41) is 10.4. The maximum absolute atomic E-state index is 12.8. The average molecular weight is 517 g/mol. The fourth-order valence-corrected chi connectivity index (χ4v) is 5.04.